The Labute approximate surface area is 208 Å². The van der Waals surface area contributed by atoms with Crippen LogP contribution in [0.5, 0.6) is 0 Å². The van der Waals surface area contributed by atoms with Crippen molar-refractivity contribution in [2.45, 2.75) is 26.3 Å². The second-order valence-corrected chi connectivity index (χ2v) is 10.7. The number of carbonyl (C=O) groups excluding carboxylic acids is 1. The summed E-state index contributed by atoms with van der Waals surface area (Å²) in [7, 11) is 0. The van der Waals surface area contributed by atoms with E-state index in [0.717, 1.165) is 27.2 Å². The molecule has 7 nitrogen and oxygen atoms in total. The molecule has 1 fully saturated rings. The van der Waals surface area contributed by atoms with E-state index in [0.29, 0.717) is 36.8 Å². The summed E-state index contributed by atoms with van der Waals surface area (Å²) < 4.78 is 1.91. The van der Waals surface area contributed by atoms with Gasteiger partial charge in [0.05, 0.1) is 10.6 Å². The Hall–Kier alpha value is -3.10. The number of aromatic nitrogens is 3. The molecule has 0 radical (unpaired) electrons. The molecule has 1 saturated heterocycles. The zero-order valence-corrected chi connectivity index (χ0v) is 21.0. The highest BCUT2D eigenvalue weighted by atomic mass is 35.5. The Morgan fingerprint density at radius 3 is 2.35 bits per heavy atom. The van der Waals surface area contributed by atoms with Crippen molar-refractivity contribution in [1.29, 1.82) is 0 Å². The first-order chi connectivity index (χ1) is 16.3. The number of nitrogens with zero attached hydrogens (tertiary/aromatic N) is 5. The molecule has 2 aromatic heterocycles. The van der Waals surface area contributed by atoms with Gasteiger partial charge in [0.25, 0.3) is 5.91 Å². The molecule has 0 unspecified atom stereocenters. The SMILES string of the molecule is CC(C)(C)Nc1c(-c2ccccc2)nc2sc(N3CCN(C(=O)c4ccccc4Cl)CC3)nn12. The lowest BCUT2D eigenvalue weighted by Gasteiger charge is -2.34. The molecule has 5 rings (SSSR count). The summed E-state index contributed by atoms with van der Waals surface area (Å²) in [5.41, 5.74) is 2.36. The van der Waals surface area contributed by atoms with E-state index in [1.54, 1.807) is 23.5 Å². The maximum atomic E-state index is 12.9. The van der Waals surface area contributed by atoms with Gasteiger partial charge in [-0.2, -0.15) is 4.52 Å². The second kappa shape index (κ2) is 8.92. The molecule has 0 spiro atoms. The summed E-state index contributed by atoms with van der Waals surface area (Å²) in [5, 5.41) is 9.91. The number of piperazine rings is 1. The van der Waals surface area contributed by atoms with Gasteiger partial charge in [0.2, 0.25) is 10.1 Å². The minimum atomic E-state index is -0.145. The van der Waals surface area contributed by atoms with Crippen LogP contribution in [0.25, 0.3) is 16.2 Å². The third kappa shape index (κ3) is 4.48. The van der Waals surface area contributed by atoms with Crippen LogP contribution >= 0.6 is 22.9 Å². The third-order valence-corrected chi connectivity index (χ3v) is 6.97. The van der Waals surface area contributed by atoms with Gasteiger partial charge in [-0.1, -0.05) is 65.4 Å². The van der Waals surface area contributed by atoms with Crippen LogP contribution in [0.2, 0.25) is 5.02 Å². The van der Waals surface area contributed by atoms with Crippen molar-refractivity contribution >= 4 is 44.8 Å². The van der Waals surface area contributed by atoms with Gasteiger partial charge in [0, 0.05) is 37.3 Å². The highest BCUT2D eigenvalue weighted by Crippen LogP contribution is 2.35. The van der Waals surface area contributed by atoms with E-state index in [9.17, 15) is 4.79 Å². The molecule has 176 valence electrons. The smallest absolute Gasteiger partial charge is 0.255 e. The Morgan fingerprint density at radius 2 is 1.68 bits per heavy atom. The maximum Gasteiger partial charge on any atom is 0.255 e. The first-order valence-corrected chi connectivity index (χ1v) is 12.5. The lowest BCUT2D eigenvalue weighted by Crippen LogP contribution is -2.48. The Balaban J connectivity index is 1.38. The van der Waals surface area contributed by atoms with Gasteiger partial charge in [-0.3, -0.25) is 4.79 Å². The van der Waals surface area contributed by atoms with Crippen LogP contribution in [0.3, 0.4) is 0 Å². The zero-order valence-electron chi connectivity index (χ0n) is 19.5. The van der Waals surface area contributed by atoms with Crippen LogP contribution in [0.1, 0.15) is 31.1 Å². The summed E-state index contributed by atoms with van der Waals surface area (Å²) in [6.07, 6.45) is 0. The monoisotopic (exact) mass is 494 g/mol. The number of hydrogen-bond acceptors (Lipinski definition) is 6. The molecule has 3 heterocycles. The molecule has 2 aromatic carbocycles. The van der Waals surface area contributed by atoms with Crippen molar-refractivity contribution in [3.63, 3.8) is 0 Å². The molecule has 1 aliphatic heterocycles. The van der Waals surface area contributed by atoms with Crippen molar-refractivity contribution < 1.29 is 4.79 Å². The lowest BCUT2D eigenvalue weighted by molar-refractivity contribution is 0.0747. The number of amides is 1. The minimum absolute atomic E-state index is 0.0247. The molecule has 0 aliphatic carbocycles. The Bertz CT molecular complexity index is 1320. The van der Waals surface area contributed by atoms with E-state index in [-0.39, 0.29) is 11.4 Å². The number of fused-ring (bicyclic) bond motifs is 1. The van der Waals surface area contributed by atoms with Gasteiger partial charge in [-0.15, -0.1) is 5.10 Å². The summed E-state index contributed by atoms with van der Waals surface area (Å²) in [6.45, 7) is 9.04. The minimum Gasteiger partial charge on any atom is -0.364 e. The van der Waals surface area contributed by atoms with Crippen molar-refractivity contribution in [2.24, 2.45) is 0 Å². The van der Waals surface area contributed by atoms with Crippen LogP contribution in [0.15, 0.2) is 54.6 Å². The highest BCUT2D eigenvalue weighted by molar-refractivity contribution is 7.20. The number of rotatable bonds is 4. The van der Waals surface area contributed by atoms with Crippen molar-refractivity contribution in [3.05, 3.63) is 65.2 Å². The Morgan fingerprint density at radius 1 is 1.00 bits per heavy atom. The average molecular weight is 495 g/mol. The number of anilines is 2. The van der Waals surface area contributed by atoms with Crippen LogP contribution in [-0.4, -0.2) is 57.1 Å². The lowest BCUT2D eigenvalue weighted by atomic mass is 10.1. The summed E-state index contributed by atoms with van der Waals surface area (Å²) in [6, 6.07) is 17.4. The van der Waals surface area contributed by atoms with Gasteiger partial charge in [0.1, 0.15) is 5.69 Å². The standard InChI is InChI=1S/C25H27ClN6OS/c1-25(2,3)28-21-20(17-9-5-4-6-10-17)27-23-32(21)29-24(34-23)31-15-13-30(14-16-31)22(33)18-11-7-8-12-19(18)26/h4-12,28H,13-16H2,1-3H3. The van der Waals surface area contributed by atoms with E-state index in [4.69, 9.17) is 21.7 Å². The molecule has 0 bridgehead atoms. The predicted octanol–water partition coefficient (Wildman–Crippen LogP) is 5.28. The van der Waals surface area contributed by atoms with Crippen molar-refractivity contribution in [3.8, 4) is 11.3 Å². The fourth-order valence-corrected chi connectivity index (χ4v) is 5.21. The first kappa shape index (κ1) is 22.7. The Kier molecular flexibility index (Phi) is 5.95. The third-order valence-electron chi connectivity index (χ3n) is 5.68. The predicted molar refractivity (Wildman–Crippen MR) is 139 cm³/mol. The first-order valence-electron chi connectivity index (χ1n) is 11.3. The normalized spacial score (nSPS) is 14.6. The molecule has 9 heteroatoms. The topological polar surface area (TPSA) is 65.8 Å². The fourth-order valence-electron chi connectivity index (χ4n) is 4.04. The van der Waals surface area contributed by atoms with Gasteiger partial charge in [0.15, 0.2) is 5.82 Å². The molecule has 1 N–H and O–H groups in total. The van der Waals surface area contributed by atoms with Crippen LogP contribution in [0, 0.1) is 0 Å². The van der Waals surface area contributed by atoms with Gasteiger partial charge >= 0.3 is 0 Å². The van der Waals surface area contributed by atoms with Gasteiger partial charge in [-0.05, 0) is 32.9 Å². The van der Waals surface area contributed by atoms with Gasteiger partial charge in [-0.25, -0.2) is 4.98 Å². The molecule has 0 atom stereocenters. The summed E-state index contributed by atoms with van der Waals surface area (Å²) in [4.78, 5) is 22.7. The second-order valence-electron chi connectivity index (χ2n) is 9.39. The van der Waals surface area contributed by atoms with Crippen LogP contribution in [0.4, 0.5) is 10.9 Å². The van der Waals surface area contributed by atoms with Crippen LogP contribution < -0.4 is 10.2 Å². The van der Waals surface area contributed by atoms with E-state index in [1.807, 2.05) is 39.7 Å². The number of benzene rings is 2. The number of imidazole rings is 1. The molecular weight excluding hydrogens is 468 g/mol. The number of halogens is 1. The van der Waals surface area contributed by atoms with E-state index < -0.39 is 0 Å². The highest BCUT2D eigenvalue weighted by Gasteiger charge is 2.27. The fraction of sp³-hybridized carbons (Fsp3) is 0.320. The molecule has 4 aromatic rings. The van der Waals surface area contributed by atoms with Crippen molar-refractivity contribution in [1.82, 2.24) is 19.5 Å². The number of carbonyl (C=O) groups is 1. The number of nitrogens with one attached hydrogen (secondary N) is 1. The van der Waals surface area contributed by atoms with E-state index >= 15 is 0 Å². The largest absolute Gasteiger partial charge is 0.364 e. The van der Waals surface area contributed by atoms with Crippen molar-refractivity contribution in [2.75, 3.05) is 36.4 Å². The molecule has 34 heavy (non-hydrogen) atoms. The van der Waals surface area contributed by atoms with Crippen LogP contribution in [-0.2, 0) is 0 Å². The van der Waals surface area contributed by atoms with E-state index in [2.05, 4.69) is 43.1 Å². The quantitative estimate of drug-likeness (QED) is 0.418. The van der Waals surface area contributed by atoms with E-state index in [1.165, 1.54) is 0 Å². The maximum absolute atomic E-state index is 12.9. The zero-order chi connectivity index (χ0) is 23.9. The summed E-state index contributed by atoms with van der Waals surface area (Å²) >= 11 is 7.80. The molecule has 0 saturated carbocycles. The average Bonchev–Trinajstić information content (AvgIpc) is 3.38. The number of hydrogen-bond donors (Lipinski definition) is 1. The van der Waals surface area contributed by atoms with Gasteiger partial charge < -0.3 is 15.1 Å². The summed E-state index contributed by atoms with van der Waals surface area (Å²) in [5.74, 6) is 0.868. The molecular formula is C25H27ClN6OS. The molecule has 1 aliphatic rings. The molecule has 1 amide bonds.